The molecule has 0 aliphatic heterocycles. The minimum Gasteiger partial charge on any atom is -0.478 e. The molecule has 1 heterocycles. The van der Waals surface area contributed by atoms with E-state index in [1.54, 1.807) is 13.0 Å². The zero-order valence-corrected chi connectivity index (χ0v) is 11.4. The molecule has 4 nitrogen and oxygen atoms in total. The predicted molar refractivity (Wildman–Crippen MR) is 72.5 cm³/mol. The molecule has 0 saturated heterocycles. The molecule has 1 N–H and O–H groups in total. The van der Waals surface area contributed by atoms with Crippen molar-refractivity contribution in [3.63, 3.8) is 0 Å². The molecule has 1 aromatic heterocycles. The first kappa shape index (κ1) is 13.8. The Hall–Kier alpha value is -1.58. The van der Waals surface area contributed by atoms with Crippen molar-refractivity contribution in [3.8, 4) is 0 Å². The Morgan fingerprint density at radius 2 is 2.00 bits per heavy atom. The summed E-state index contributed by atoms with van der Waals surface area (Å²) in [5, 5.41) is 9.31. The fourth-order valence-corrected chi connectivity index (χ4v) is 2.97. The highest BCUT2D eigenvalue weighted by Gasteiger charge is 2.24. The number of carboxylic acid groups (broad SMARTS) is 1. The topological polar surface area (TPSA) is 59.3 Å². The van der Waals surface area contributed by atoms with Gasteiger partial charge in [0.25, 0.3) is 0 Å². The standard InChI is InChI=1S/C15H21NO3/c1-11(17)7-9-16-10-8-13(15(18)19)14(16)12-5-3-2-4-6-12/h8,10,12H,2-7,9H2,1H3,(H,18,19). The number of rotatable bonds is 5. The quantitative estimate of drug-likeness (QED) is 0.887. The first-order valence-corrected chi connectivity index (χ1v) is 7.01. The molecule has 0 spiro atoms. The number of aromatic nitrogens is 1. The SMILES string of the molecule is CC(=O)CCn1ccc(C(=O)O)c1C1CCCCC1. The summed E-state index contributed by atoms with van der Waals surface area (Å²) >= 11 is 0. The number of ketones is 1. The number of aryl methyl sites for hydroxylation is 1. The van der Waals surface area contributed by atoms with Crippen LogP contribution in [-0.4, -0.2) is 21.4 Å². The summed E-state index contributed by atoms with van der Waals surface area (Å²) in [5.41, 5.74) is 1.34. The van der Waals surface area contributed by atoms with Crippen LogP contribution in [0, 0.1) is 0 Å². The molecule has 0 radical (unpaired) electrons. The highest BCUT2D eigenvalue weighted by molar-refractivity contribution is 5.89. The maximum absolute atomic E-state index is 11.3. The van der Waals surface area contributed by atoms with Crippen LogP contribution in [0.3, 0.4) is 0 Å². The normalized spacial score (nSPS) is 16.5. The van der Waals surface area contributed by atoms with E-state index in [0.29, 0.717) is 24.4 Å². The van der Waals surface area contributed by atoms with Gasteiger partial charge >= 0.3 is 5.97 Å². The van der Waals surface area contributed by atoms with Crippen LogP contribution in [0.4, 0.5) is 0 Å². The highest BCUT2D eigenvalue weighted by atomic mass is 16.4. The van der Waals surface area contributed by atoms with Crippen molar-refractivity contribution in [2.24, 2.45) is 0 Å². The van der Waals surface area contributed by atoms with Gasteiger partial charge in [0.15, 0.2) is 0 Å². The van der Waals surface area contributed by atoms with Crippen LogP contribution in [0.2, 0.25) is 0 Å². The highest BCUT2D eigenvalue weighted by Crippen LogP contribution is 2.35. The van der Waals surface area contributed by atoms with Gasteiger partial charge in [-0.3, -0.25) is 4.79 Å². The number of hydrogen-bond donors (Lipinski definition) is 1. The zero-order chi connectivity index (χ0) is 13.8. The molecule has 1 aliphatic rings. The Balaban J connectivity index is 2.26. The van der Waals surface area contributed by atoms with Crippen molar-refractivity contribution in [3.05, 3.63) is 23.5 Å². The Morgan fingerprint density at radius 1 is 1.32 bits per heavy atom. The third-order valence-corrected chi connectivity index (χ3v) is 3.93. The van der Waals surface area contributed by atoms with Gasteiger partial charge < -0.3 is 9.67 Å². The van der Waals surface area contributed by atoms with Gasteiger partial charge in [0.2, 0.25) is 0 Å². The van der Waals surface area contributed by atoms with E-state index in [1.807, 2.05) is 10.8 Å². The molecule has 104 valence electrons. The van der Waals surface area contributed by atoms with E-state index in [2.05, 4.69) is 0 Å². The lowest BCUT2D eigenvalue weighted by molar-refractivity contribution is -0.117. The maximum Gasteiger partial charge on any atom is 0.337 e. The first-order valence-electron chi connectivity index (χ1n) is 7.01. The Morgan fingerprint density at radius 3 is 2.58 bits per heavy atom. The number of hydrogen-bond acceptors (Lipinski definition) is 2. The first-order chi connectivity index (χ1) is 9.09. The number of Topliss-reactive ketones (excluding diaryl/α,β-unsaturated/α-hetero) is 1. The van der Waals surface area contributed by atoms with Crippen LogP contribution in [0.25, 0.3) is 0 Å². The summed E-state index contributed by atoms with van der Waals surface area (Å²) in [6, 6.07) is 1.67. The van der Waals surface area contributed by atoms with Crippen molar-refractivity contribution in [2.75, 3.05) is 0 Å². The third-order valence-electron chi connectivity index (χ3n) is 3.93. The van der Waals surface area contributed by atoms with Crippen molar-refractivity contribution in [2.45, 2.75) is 57.9 Å². The van der Waals surface area contributed by atoms with E-state index in [-0.39, 0.29) is 5.78 Å². The molecule has 1 aliphatic carbocycles. The average molecular weight is 263 g/mol. The second-order valence-corrected chi connectivity index (χ2v) is 5.40. The second-order valence-electron chi connectivity index (χ2n) is 5.40. The monoisotopic (exact) mass is 263 g/mol. The number of aromatic carboxylic acids is 1. The van der Waals surface area contributed by atoms with Crippen LogP contribution in [-0.2, 0) is 11.3 Å². The minimum atomic E-state index is -0.859. The molecule has 19 heavy (non-hydrogen) atoms. The van der Waals surface area contributed by atoms with E-state index >= 15 is 0 Å². The van der Waals surface area contributed by atoms with E-state index in [4.69, 9.17) is 0 Å². The fraction of sp³-hybridized carbons (Fsp3) is 0.600. The Kier molecular flexibility index (Phi) is 4.40. The maximum atomic E-state index is 11.3. The van der Waals surface area contributed by atoms with E-state index in [1.165, 1.54) is 19.3 Å². The van der Waals surface area contributed by atoms with Crippen molar-refractivity contribution >= 4 is 11.8 Å². The van der Waals surface area contributed by atoms with Crippen molar-refractivity contribution in [1.29, 1.82) is 0 Å². The fourth-order valence-electron chi connectivity index (χ4n) is 2.97. The molecule has 2 rings (SSSR count). The van der Waals surface area contributed by atoms with Crippen molar-refractivity contribution in [1.82, 2.24) is 4.57 Å². The van der Waals surface area contributed by atoms with Gasteiger partial charge in [0.05, 0.1) is 5.56 Å². The molecular weight excluding hydrogens is 242 g/mol. The lowest BCUT2D eigenvalue weighted by Gasteiger charge is -2.24. The summed E-state index contributed by atoms with van der Waals surface area (Å²) in [7, 11) is 0. The number of nitrogens with zero attached hydrogens (tertiary/aromatic N) is 1. The van der Waals surface area contributed by atoms with Crippen molar-refractivity contribution < 1.29 is 14.7 Å². The van der Waals surface area contributed by atoms with Gasteiger partial charge in [0, 0.05) is 30.8 Å². The summed E-state index contributed by atoms with van der Waals surface area (Å²) < 4.78 is 1.97. The molecule has 1 aromatic rings. The molecule has 0 unspecified atom stereocenters. The summed E-state index contributed by atoms with van der Waals surface area (Å²) in [6.45, 7) is 2.16. The smallest absolute Gasteiger partial charge is 0.337 e. The predicted octanol–water partition coefficient (Wildman–Crippen LogP) is 3.21. The van der Waals surface area contributed by atoms with Gasteiger partial charge in [-0.05, 0) is 25.8 Å². The number of carbonyl (C=O) groups excluding carboxylic acids is 1. The van der Waals surface area contributed by atoms with Gasteiger partial charge in [-0.1, -0.05) is 19.3 Å². The van der Waals surface area contributed by atoms with Crippen LogP contribution in [0.1, 0.15) is 67.4 Å². The second kappa shape index (κ2) is 6.04. The van der Waals surface area contributed by atoms with Gasteiger partial charge in [-0.25, -0.2) is 4.79 Å². The summed E-state index contributed by atoms with van der Waals surface area (Å²) in [6.07, 6.45) is 7.98. The molecule has 1 saturated carbocycles. The molecular formula is C15H21NO3. The van der Waals surface area contributed by atoms with Crippen LogP contribution in [0.15, 0.2) is 12.3 Å². The van der Waals surface area contributed by atoms with Crippen LogP contribution < -0.4 is 0 Å². The van der Waals surface area contributed by atoms with Gasteiger partial charge in [-0.15, -0.1) is 0 Å². The summed E-state index contributed by atoms with van der Waals surface area (Å²) in [4.78, 5) is 22.5. The molecule has 1 fully saturated rings. The zero-order valence-electron chi connectivity index (χ0n) is 11.4. The van der Waals surface area contributed by atoms with E-state index in [9.17, 15) is 14.7 Å². The third kappa shape index (κ3) is 3.25. The largest absolute Gasteiger partial charge is 0.478 e. The Labute approximate surface area is 113 Å². The Bertz CT molecular complexity index is 470. The van der Waals surface area contributed by atoms with E-state index in [0.717, 1.165) is 18.5 Å². The minimum absolute atomic E-state index is 0.139. The van der Waals surface area contributed by atoms with Crippen LogP contribution >= 0.6 is 0 Å². The molecule has 0 amide bonds. The number of carboxylic acids is 1. The number of carbonyl (C=O) groups is 2. The van der Waals surface area contributed by atoms with E-state index < -0.39 is 5.97 Å². The molecule has 0 aromatic carbocycles. The molecule has 0 bridgehead atoms. The average Bonchev–Trinajstić information content (AvgIpc) is 2.81. The lowest BCUT2D eigenvalue weighted by atomic mass is 9.85. The molecule has 0 atom stereocenters. The van der Waals surface area contributed by atoms with Gasteiger partial charge in [0.1, 0.15) is 5.78 Å². The van der Waals surface area contributed by atoms with Gasteiger partial charge in [-0.2, -0.15) is 0 Å². The summed E-state index contributed by atoms with van der Waals surface area (Å²) in [5.74, 6) is -0.385. The molecule has 4 heteroatoms. The van der Waals surface area contributed by atoms with Crippen LogP contribution in [0.5, 0.6) is 0 Å². The lowest BCUT2D eigenvalue weighted by Crippen LogP contribution is -2.15.